The fourth-order valence-electron chi connectivity index (χ4n) is 2.56. The molecule has 0 aromatic heterocycles. The van der Waals surface area contributed by atoms with Crippen molar-refractivity contribution in [1.29, 1.82) is 0 Å². The molecule has 3 aliphatic rings. The highest BCUT2D eigenvalue weighted by molar-refractivity contribution is 5.68. The predicted molar refractivity (Wildman–Crippen MR) is 62.3 cm³/mol. The van der Waals surface area contributed by atoms with Crippen molar-refractivity contribution < 1.29 is 10.9 Å². The second-order valence-corrected chi connectivity index (χ2v) is 5.03. The molecule has 16 heavy (non-hydrogen) atoms. The summed E-state index contributed by atoms with van der Waals surface area (Å²) in [7, 11) is 1.69. The van der Waals surface area contributed by atoms with Gasteiger partial charge in [0.2, 0.25) is 0 Å². The minimum absolute atomic E-state index is 0.130. The number of carbonyl (C=O) groups excluding carboxylic acids is 1. The second kappa shape index (κ2) is 4.62. The van der Waals surface area contributed by atoms with Crippen molar-refractivity contribution >= 4 is 6.09 Å². The largest absolute Gasteiger partial charge is 0.447 e. The molecule has 0 radical (unpaired) electrons. The van der Waals surface area contributed by atoms with Gasteiger partial charge < -0.3 is 14.5 Å². The number of hydrogen-bond donors (Lipinski definition) is 0. The Labute approximate surface area is 98.9 Å². The first-order chi connectivity index (χ1) is 7.93. The van der Waals surface area contributed by atoms with Crippen molar-refractivity contribution in [3.8, 4) is 0 Å². The van der Waals surface area contributed by atoms with Crippen LogP contribution in [0.5, 0.6) is 0 Å². The van der Waals surface area contributed by atoms with Gasteiger partial charge in [0, 0.05) is 13.6 Å². The Morgan fingerprint density at radius 1 is 1.50 bits per heavy atom. The lowest BCUT2D eigenvalue weighted by Crippen LogP contribution is -2.57. The van der Waals surface area contributed by atoms with Gasteiger partial charge in [0.15, 0.2) is 0 Å². The molecule has 1 atom stereocenters. The van der Waals surface area contributed by atoms with Crippen molar-refractivity contribution in [2.45, 2.75) is 38.8 Å². The van der Waals surface area contributed by atoms with Gasteiger partial charge in [0.05, 0.1) is 13.5 Å². The monoisotopic (exact) mass is 227 g/mol. The van der Waals surface area contributed by atoms with Gasteiger partial charge in [0.1, 0.15) is 0 Å². The number of rotatable bonds is 2. The molecule has 3 heterocycles. The fourth-order valence-corrected chi connectivity index (χ4v) is 2.56. The third kappa shape index (κ3) is 2.32. The van der Waals surface area contributed by atoms with Crippen LogP contribution in [0.2, 0.25) is 0 Å². The molecule has 0 saturated carbocycles. The number of fused-ring (bicyclic) bond motifs is 3. The fraction of sp³-hybridized carbons (Fsp3) is 0.917. The summed E-state index contributed by atoms with van der Waals surface area (Å²) in [5, 5.41) is 0. The maximum atomic E-state index is 11.9. The van der Waals surface area contributed by atoms with Crippen LogP contribution in [0.3, 0.4) is 0 Å². The van der Waals surface area contributed by atoms with Gasteiger partial charge in [-0.3, -0.25) is 0 Å². The normalized spacial score (nSPS) is 38.4. The minimum Gasteiger partial charge on any atom is -0.447 e. The van der Waals surface area contributed by atoms with E-state index >= 15 is 0 Å². The summed E-state index contributed by atoms with van der Waals surface area (Å²) in [5.41, 5.74) is 0. The molecule has 3 saturated heterocycles. The highest BCUT2D eigenvalue weighted by Crippen LogP contribution is 2.30. The number of hydrogen-bond acceptors (Lipinski definition) is 3. The summed E-state index contributed by atoms with van der Waals surface area (Å²) >= 11 is 0. The average molecular weight is 227 g/mol. The number of carbonyl (C=O) groups is 1. The number of amides is 1. The standard InChI is InChI=1S/C12H22N2O2/c1-9(2)16-12(15)13(3)11-8-14-6-4-10(11)5-7-14/h9-11H,4-8H2,1-3H3/i11D. The van der Waals surface area contributed by atoms with Crippen molar-refractivity contribution in [2.75, 3.05) is 26.7 Å². The van der Waals surface area contributed by atoms with E-state index in [2.05, 4.69) is 4.90 Å². The molecule has 2 bridgehead atoms. The summed E-state index contributed by atoms with van der Waals surface area (Å²) in [6.07, 6.45) is 1.53. The first kappa shape index (κ1) is 10.4. The van der Waals surface area contributed by atoms with E-state index in [1.165, 1.54) is 4.90 Å². The van der Waals surface area contributed by atoms with Crippen LogP contribution in [0.25, 0.3) is 0 Å². The topological polar surface area (TPSA) is 32.8 Å². The molecule has 3 fully saturated rings. The number of piperidine rings is 3. The van der Waals surface area contributed by atoms with Crippen molar-refractivity contribution in [3.05, 3.63) is 0 Å². The van der Waals surface area contributed by atoms with E-state index in [9.17, 15) is 4.79 Å². The zero-order chi connectivity index (χ0) is 12.6. The van der Waals surface area contributed by atoms with Gasteiger partial charge >= 0.3 is 6.09 Å². The minimum atomic E-state index is -0.803. The van der Waals surface area contributed by atoms with Gasteiger partial charge in [0.25, 0.3) is 0 Å². The molecule has 0 spiro atoms. The first-order valence-electron chi connectivity index (χ1n) is 6.60. The lowest BCUT2D eigenvalue weighted by Gasteiger charge is -2.47. The van der Waals surface area contributed by atoms with E-state index < -0.39 is 6.02 Å². The zero-order valence-corrected chi connectivity index (χ0v) is 10.4. The Balaban J connectivity index is 2.07. The van der Waals surface area contributed by atoms with Crippen LogP contribution in [0.4, 0.5) is 4.79 Å². The summed E-state index contributed by atoms with van der Waals surface area (Å²) in [4.78, 5) is 15.7. The van der Waals surface area contributed by atoms with Crippen LogP contribution >= 0.6 is 0 Å². The maximum absolute atomic E-state index is 11.9. The van der Waals surface area contributed by atoms with Gasteiger partial charge in [-0.25, -0.2) is 4.79 Å². The van der Waals surface area contributed by atoms with Gasteiger partial charge in [-0.1, -0.05) is 0 Å². The molecule has 3 aliphatic heterocycles. The SMILES string of the molecule is [2H]C1(N(C)C(=O)OC(C)C)CN2CCC1CC2. The number of nitrogens with zero attached hydrogens (tertiary/aromatic N) is 2. The molecule has 0 N–H and O–H groups in total. The Hall–Kier alpha value is -0.770. The Bertz CT molecular complexity index is 303. The van der Waals surface area contributed by atoms with Crippen LogP contribution in [-0.2, 0) is 4.74 Å². The Morgan fingerprint density at radius 3 is 2.56 bits per heavy atom. The summed E-state index contributed by atoms with van der Waals surface area (Å²) in [5.74, 6) is 0.289. The van der Waals surface area contributed by atoms with Gasteiger partial charge in [-0.2, -0.15) is 0 Å². The van der Waals surface area contributed by atoms with Gasteiger partial charge in [-0.15, -0.1) is 0 Å². The van der Waals surface area contributed by atoms with Crippen molar-refractivity contribution in [2.24, 2.45) is 5.92 Å². The lowest BCUT2D eigenvalue weighted by molar-refractivity contribution is 0.00491. The highest BCUT2D eigenvalue weighted by Gasteiger charge is 2.38. The summed E-state index contributed by atoms with van der Waals surface area (Å²) in [6.45, 7) is 6.45. The molecule has 0 aromatic rings. The number of likely N-dealkylation sites (N-methyl/N-ethyl adjacent to an activating group) is 1. The van der Waals surface area contributed by atoms with E-state index in [-0.39, 0.29) is 18.1 Å². The third-order valence-corrected chi connectivity index (χ3v) is 3.49. The molecule has 1 amide bonds. The molecular weight excluding hydrogens is 204 g/mol. The Kier molecular flexibility index (Phi) is 3.00. The summed E-state index contributed by atoms with van der Waals surface area (Å²) < 4.78 is 13.8. The molecule has 0 aromatic carbocycles. The van der Waals surface area contributed by atoms with E-state index in [4.69, 9.17) is 6.11 Å². The third-order valence-electron chi connectivity index (χ3n) is 3.49. The number of ether oxygens (including phenoxy) is 1. The van der Waals surface area contributed by atoms with Gasteiger partial charge in [-0.05, 0) is 45.7 Å². The smallest absolute Gasteiger partial charge is 0.410 e. The molecule has 4 heteroatoms. The lowest BCUT2D eigenvalue weighted by atomic mass is 9.83. The van der Waals surface area contributed by atoms with Crippen molar-refractivity contribution in [1.82, 2.24) is 9.80 Å². The second-order valence-electron chi connectivity index (χ2n) is 5.03. The molecule has 0 aliphatic carbocycles. The van der Waals surface area contributed by atoms with Crippen LogP contribution in [0.1, 0.15) is 28.1 Å². The van der Waals surface area contributed by atoms with E-state index in [0.29, 0.717) is 6.54 Å². The van der Waals surface area contributed by atoms with E-state index in [0.717, 1.165) is 25.9 Å². The molecule has 4 nitrogen and oxygen atoms in total. The van der Waals surface area contributed by atoms with E-state index in [1.54, 1.807) is 7.05 Å². The molecule has 92 valence electrons. The molecular formula is C12H22N2O2. The highest BCUT2D eigenvalue weighted by atomic mass is 16.6. The average Bonchev–Trinajstić information content (AvgIpc) is 2.28. The Morgan fingerprint density at radius 2 is 2.12 bits per heavy atom. The zero-order valence-electron chi connectivity index (χ0n) is 11.4. The van der Waals surface area contributed by atoms with Crippen LogP contribution < -0.4 is 0 Å². The van der Waals surface area contributed by atoms with Crippen LogP contribution in [0.15, 0.2) is 0 Å². The first-order valence-corrected chi connectivity index (χ1v) is 6.10. The molecule has 3 rings (SSSR count). The van der Waals surface area contributed by atoms with Crippen LogP contribution in [0, 0.1) is 5.92 Å². The predicted octanol–water partition coefficient (Wildman–Crippen LogP) is 1.56. The summed E-state index contributed by atoms with van der Waals surface area (Å²) in [6, 6.07) is -0.803. The van der Waals surface area contributed by atoms with Crippen LogP contribution in [-0.4, -0.2) is 54.7 Å². The molecule has 1 unspecified atom stereocenters. The maximum Gasteiger partial charge on any atom is 0.410 e. The van der Waals surface area contributed by atoms with E-state index in [1.807, 2.05) is 13.8 Å². The quantitative estimate of drug-likeness (QED) is 0.717. The van der Waals surface area contributed by atoms with Crippen molar-refractivity contribution in [3.63, 3.8) is 0 Å².